The van der Waals surface area contributed by atoms with Gasteiger partial charge >= 0.3 is 5.97 Å². The van der Waals surface area contributed by atoms with Gasteiger partial charge in [-0.2, -0.15) is 0 Å². The van der Waals surface area contributed by atoms with E-state index in [0.717, 1.165) is 5.56 Å². The van der Waals surface area contributed by atoms with Gasteiger partial charge in [-0.3, -0.25) is 0 Å². The lowest BCUT2D eigenvalue weighted by Gasteiger charge is -2.15. The molecule has 0 amide bonds. The molecule has 0 saturated heterocycles. The van der Waals surface area contributed by atoms with Gasteiger partial charge in [0.05, 0.1) is 12.7 Å². The zero-order valence-electron chi connectivity index (χ0n) is 11.8. The van der Waals surface area contributed by atoms with Gasteiger partial charge < -0.3 is 10.1 Å². The lowest BCUT2D eigenvalue weighted by Crippen LogP contribution is -2.20. The first-order valence-corrected chi connectivity index (χ1v) is 6.67. The molecule has 0 aromatic heterocycles. The van der Waals surface area contributed by atoms with E-state index in [0.29, 0.717) is 12.1 Å². The summed E-state index contributed by atoms with van der Waals surface area (Å²) in [7, 11) is 1.40. The summed E-state index contributed by atoms with van der Waals surface area (Å²) < 4.78 is 4.80. The highest BCUT2D eigenvalue weighted by Gasteiger charge is 2.11. The Morgan fingerprint density at radius 3 is 2.45 bits per heavy atom. The van der Waals surface area contributed by atoms with Crippen LogP contribution in [-0.4, -0.2) is 13.1 Å². The minimum atomic E-state index is -0.297. The normalized spacial score (nSPS) is 11.9. The summed E-state index contributed by atoms with van der Waals surface area (Å²) in [6.45, 7) is 2.73. The van der Waals surface area contributed by atoms with Crippen LogP contribution in [0.15, 0.2) is 54.6 Å². The van der Waals surface area contributed by atoms with Crippen LogP contribution in [0.3, 0.4) is 0 Å². The smallest absolute Gasteiger partial charge is 0.338 e. The Hall–Kier alpha value is -2.13. The lowest BCUT2D eigenvalue weighted by molar-refractivity contribution is 0.0599. The zero-order valence-corrected chi connectivity index (χ0v) is 11.8. The van der Waals surface area contributed by atoms with E-state index < -0.39 is 0 Å². The Morgan fingerprint density at radius 1 is 1.10 bits per heavy atom. The number of esters is 1. The fraction of sp³-hybridized carbons (Fsp3) is 0.235. The van der Waals surface area contributed by atoms with Crippen LogP contribution in [0.4, 0.5) is 0 Å². The second kappa shape index (κ2) is 6.87. The molecule has 0 saturated carbocycles. The number of carbonyl (C=O) groups is 1. The second-order valence-electron chi connectivity index (χ2n) is 4.66. The SMILES string of the molecule is COC(=O)c1ccccc1CN[C@H](C)c1ccccc1. The van der Waals surface area contributed by atoms with Gasteiger partial charge in [0.25, 0.3) is 0 Å². The summed E-state index contributed by atoms with van der Waals surface area (Å²) in [5.41, 5.74) is 2.79. The fourth-order valence-electron chi connectivity index (χ4n) is 2.11. The van der Waals surface area contributed by atoms with Gasteiger partial charge in [-0.15, -0.1) is 0 Å². The molecule has 3 nitrogen and oxygen atoms in total. The van der Waals surface area contributed by atoms with Crippen LogP contribution in [0.25, 0.3) is 0 Å². The third-order valence-corrected chi connectivity index (χ3v) is 3.32. The predicted molar refractivity (Wildman–Crippen MR) is 79.5 cm³/mol. The fourth-order valence-corrected chi connectivity index (χ4v) is 2.11. The van der Waals surface area contributed by atoms with Crippen molar-refractivity contribution in [3.05, 3.63) is 71.3 Å². The van der Waals surface area contributed by atoms with Crippen molar-refractivity contribution in [3.63, 3.8) is 0 Å². The summed E-state index contributed by atoms with van der Waals surface area (Å²) in [4.78, 5) is 11.7. The minimum Gasteiger partial charge on any atom is -0.465 e. The third-order valence-electron chi connectivity index (χ3n) is 3.32. The van der Waals surface area contributed by atoms with Gasteiger partial charge in [0.15, 0.2) is 0 Å². The van der Waals surface area contributed by atoms with Crippen molar-refractivity contribution in [3.8, 4) is 0 Å². The van der Waals surface area contributed by atoms with E-state index in [1.165, 1.54) is 12.7 Å². The van der Waals surface area contributed by atoms with Crippen molar-refractivity contribution >= 4 is 5.97 Å². The van der Waals surface area contributed by atoms with Crippen LogP contribution >= 0.6 is 0 Å². The number of hydrogen-bond donors (Lipinski definition) is 1. The van der Waals surface area contributed by atoms with E-state index in [-0.39, 0.29) is 12.0 Å². The molecule has 0 spiro atoms. The van der Waals surface area contributed by atoms with Gasteiger partial charge in [-0.25, -0.2) is 4.79 Å². The average molecular weight is 269 g/mol. The number of methoxy groups -OCH3 is 1. The molecule has 0 radical (unpaired) electrons. The molecular weight excluding hydrogens is 250 g/mol. The molecule has 2 rings (SSSR count). The van der Waals surface area contributed by atoms with Crippen molar-refractivity contribution in [1.29, 1.82) is 0 Å². The van der Waals surface area contributed by atoms with Crippen molar-refractivity contribution < 1.29 is 9.53 Å². The van der Waals surface area contributed by atoms with Gasteiger partial charge in [-0.05, 0) is 24.1 Å². The van der Waals surface area contributed by atoms with Crippen LogP contribution in [0.2, 0.25) is 0 Å². The van der Waals surface area contributed by atoms with Crippen LogP contribution in [0, 0.1) is 0 Å². The van der Waals surface area contributed by atoms with E-state index in [9.17, 15) is 4.79 Å². The average Bonchev–Trinajstić information content (AvgIpc) is 2.53. The largest absolute Gasteiger partial charge is 0.465 e. The maximum atomic E-state index is 11.7. The first kappa shape index (κ1) is 14.3. The molecule has 3 heteroatoms. The highest BCUT2D eigenvalue weighted by atomic mass is 16.5. The number of hydrogen-bond acceptors (Lipinski definition) is 3. The van der Waals surface area contributed by atoms with E-state index in [1.54, 1.807) is 6.07 Å². The molecule has 0 fully saturated rings. The van der Waals surface area contributed by atoms with Gasteiger partial charge in [0, 0.05) is 12.6 Å². The van der Waals surface area contributed by atoms with Crippen LogP contribution in [0.1, 0.15) is 34.5 Å². The molecule has 0 aliphatic rings. The maximum Gasteiger partial charge on any atom is 0.338 e. The molecule has 20 heavy (non-hydrogen) atoms. The molecular formula is C17H19NO2. The Kier molecular flexibility index (Phi) is 4.91. The highest BCUT2D eigenvalue weighted by molar-refractivity contribution is 5.90. The number of nitrogens with one attached hydrogen (secondary N) is 1. The van der Waals surface area contributed by atoms with Crippen molar-refractivity contribution in [2.75, 3.05) is 7.11 Å². The summed E-state index contributed by atoms with van der Waals surface area (Å²) in [6.07, 6.45) is 0. The highest BCUT2D eigenvalue weighted by Crippen LogP contribution is 2.14. The summed E-state index contributed by atoms with van der Waals surface area (Å²) in [5, 5.41) is 3.43. The van der Waals surface area contributed by atoms with E-state index in [4.69, 9.17) is 4.74 Å². The van der Waals surface area contributed by atoms with Crippen LogP contribution < -0.4 is 5.32 Å². The minimum absolute atomic E-state index is 0.224. The summed E-state index contributed by atoms with van der Waals surface area (Å²) >= 11 is 0. The van der Waals surface area contributed by atoms with Gasteiger partial charge in [0.1, 0.15) is 0 Å². The number of benzene rings is 2. The number of rotatable bonds is 5. The van der Waals surface area contributed by atoms with Gasteiger partial charge in [0.2, 0.25) is 0 Å². The quantitative estimate of drug-likeness (QED) is 0.846. The van der Waals surface area contributed by atoms with Crippen LogP contribution in [0.5, 0.6) is 0 Å². The topological polar surface area (TPSA) is 38.3 Å². The predicted octanol–water partition coefficient (Wildman–Crippen LogP) is 3.32. The standard InChI is InChI=1S/C17H19NO2/c1-13(14-8-4-3-5-9-14)18-12-15-10-6-7-11-16(15)17(19)20-2/h3-11,13,18H,12H2,1-2H3/t13-/m1/s1. The monoisotopic (exact) mass is 269 g/mol. The van der Waals surface area contributed by atoms with Gasteiger partial charge in [-0.1, -0.05) is 48.5 Å². The van der Waals surface area contributed by atoms with E-state index in [1.807, 2.05) is 36.4 Å². The Labute approximate surface area is 119 Å². The van der Waals surface area contributed by atoms with Crippen LogP contribution in [-0.2, 0) is 11.3 Å². The summed E-state index contributed by atoms with van der Waals surface area (Å²) in [6, 6.07) is 17.9. The van der Waals surface area contributed by atoms with Crippen molar-refractivity contribution in [2.24, 2.45) is 0 Å². The number of carbonyl (C=O) groups excluding carboxylic acids is 1. The molecule has 1 N–H and O–H groups in total. The van der Waals surface area contributed by atoms with Crippen molar-refractivity contribution in [2.45, 2.75) is 19.5 Å². The molecule has 1 atom stereocenters. The first-order chi connectivity index (χ1) is 9.72. The Morgan fingerprint density at radius 2 is 1.75 bits per heavy atom. The zero-order chi connectivity index (χ0) is 14.4. The molecule has 0 aliphatic carbocycles. The molecule has 104 valence electrons. The molecule has 0 unspecified atom stereocenters. The Bertz CT molecular complexity index is 566. The lowest BCUT2D eigenvalue weighted by atomic mass is 10.1. The molecule has 2 aromatic rings. The molecule has 2 aromatic carbocycles. The summed E-state index contributed by atoms with van der Waals surface area (Å²) in [5.74, 6) is -0.297. The van der Waals surface area contributed by atoms with E-state index >= 15 is 0 Å². The van der Waals surface area contributed by atoms with E-state index in [2.05, 4.69) is 24.4 Å². The first-order valence-electron chi connectivity index (χ1n) is 6.67. The molecule has 0 aliphatic heterocycles. The molecule has 0 bridgehead atoms. The van der Waals surface area contributed by atoms with Crippen molar-refractivity contribution in [1.82, 2.24) is 5.32 Å². The second-order valence-corrected chi connectivity index (χ2v) is 4.66. The number of ether oxygens (including phenoxy) is 1. The molecule has 0 heterocycles. The third kappa shape index (κ3) is 3.45. The Balaban J connectivity index is 2.06. The maximum absolute atomic E-state index is 11.7.